The van der Waals surface area contributed by atoms with Crippen LogP contribution < -0.4 is 9.75 Å². The summed E-state index contributed by atoms with van der Waals surface area (Å²) in [7, 11) is 0. The molecule has 0 saturated carbocycles. The molecule has 0 atom stereocenters. The molecule has 6 nitrogen and oxygen atoms in total. The van der Waals surface area contributed by atoms with E-state index in [0.717, 1.165) is 11.1 Å². The van der Waals surface area contributed by atoms with Gasteiger partial charge in [-0.15, -0.1) is 0 Å². The molecule has 7 heteroatoms. The molecule has 3 aromatic rings. The second-order valence-electron chi connectivity index (χ2n) is 6.72. The van der Waals surface area contributed by atoms with Gasteiger partial charge >= 0.3 is 5.97 Å². The summed E-state index contributed by atoms with van der Waals surface area (Å²) in [5.74, 6) is -0.872. The standard InChI is InChI=1S/C24H17ClN2O4/c25-18-8-10-19(11-9-18)27-24(30)21(23(26-27)17-4-2-1-3-5-17)14-16-6-12-20(13-7-16)31-15-22(28)29/h1-14H,15H2,(H,28,29)/b21-14-. The molecule has 0 aromatic heterocycles. The fourth-order valence-corrected chi connectivity index (χ4v) is 3.21. The van der Waals surface area contributed by atoms with Gasteiger partial charge in [-0.2, -0.15) is 10.1 Å². The first-order valence-electron chi connectivity index (χ1n) is 9.42. The minimum absolute atomic E-state index is 0.257. The Bertz CT molecular complexity index is 1170. The lowest BCUT2D eigenvalue weighted by Crippen LogP contribution is -2.21. The molecule has 4 rings (SSSR count). The van der Waals surface area contributed by atoms with Gasteiger partial charge in [0.05, 0.1) is 11.3 Å². The highest BCUT2D eigenvalue weighted by atomic mass is 35.5. The molecule has 0 radical (unpaired) electrons. The van der Waals surface area contributed by atoms with Crippen LogP contribution in [0.5, 0.6) is 5.75 Å². The van der Waals surface area contributed by atoms with Gasteiger partial charge < -0.3 is 9.84 Å². The zero-order valence-corrected chi connectivity index (χ0v) is 17.0. The predicted octanol–water partition coefficient (Wildman–Crippen LogP) is 4.64. The number of halogens is 1. The Balaban J connectivity index is 1.69. The van der Waals surface area contributed by atoms with Crippen molar-refractivity contribution in [3.63, 3.8) is 0 Å². The van der Waals surface area contributed by atoms with Gasteiger partial charge in [0.25, 0.3) is 5.91 Å². The van der Waals surface area contributed by atoms with Gasteiger partial charge in [-0.1, -0.05) is 54.1 Å². The van der Waals surface area contributed by atoms with E-state index in [1.165, 1.54) is 5.01 Å². The maximum Gasteiger partial charge on any atom is 0.341 e. The summed E-state index contributed by atoms with van der Waals surface area (Å²) in [6.45, 7) is -0.417. The van der Waals surface area contributed by atoms with Crippen LogP contribution in [0.3, 0.4) is 0 Å². The van der Waals surface area contributed by atoms with E-state index < -0.39 is 12.6 Å². The first kappa shape index (κ1) is 20.4. The van der Waals surface area contributed by atoms with E-state index in [2.05, 4.69) is 5.10 Å². The molecule has 1 aliphatic rings. The van der Waals surface area contributed by atoms with Crippen LogP contribution in [0, 0.1) is 0 Å². The minimum atomic E-state index is -1.05. The molecule has 0 fully saturated rings. The first-order chi connectivity index (χ1) is 15.0. The summed E-state index contributed by atoms with van der Waals surface area (Å²) in [6.07, 6.45) is 1.76. The summed E-state index contributed by atoms with van der Waals surface area (Å²) in [4.78, 5) is 23.9. The van der Waals surface area contributed by atoms with Crippen LogP contribution in [0.2, 0.25) is 5.02 Å². The number of rotatable bonds is 6. The molecule has 0 saturated heterocycles. The minimum Gasteiger partial charge on any atom is -0.482 e. The lowest BCUT2D eigenvalue weighted by molar-refractivity contribution is -0.139. The highest BCUT2D eigenvalue weighted by Crippen LogP contribution is 2.29. The summed E-state index contributed by atoms with van der Waals surface area (Å²) < 4.78 is 5.16. The molecule has 3 aromatic carbocycles. The third-order valence-electron chi connectivity index (χ3n) is 4.55. The maximum atomic E-state index is 13.2. The molecular formula is C24H17ClN2O4. The largest absolute Gasteiger partial charge is 0.482 e. The number of benzene rings is 3. The second kappa shape index (κ2) is 8.85. The summed E-state index contributed by atoms with van der Waals surface area (Å²) in [5.41, 5.74) is 3.20. The number of ether oxygens (including phenoxy) is 1. The number of hydrogen-bond acceptors (Lipinski definition) is 4. The van der Waals surface area contributed by atoms with E-state index in [-0.39, 0.29) is 5.91 Å². The first-order valence-corrected chi connectivity index (χ1v) is 9.80. The van der Waals surface area contributed by atoms with E-state index in [1.807, 2.05) is 30.3 Å². The number of carbonyl (C=O) groups is 2. The van der Waals surface area contributed by atoms with Gasteiger partial charge in [0.15, 0.2) is 6.61 Å². The Morgan fingerprint density at radius 2 is 1.68 bits per heavy atom. The molecular weight excluding hydrogens is 416 g/mol. The number of carbonyl (C=O) groups excluding carboxylic acids is 1. The van der Waals surface area contributed by atoms with Gasteiger partial charge in [0, 0.05) is 10.6 Å². The van der Waals surface area contributed by atoms with E-state index >= 15 is 0 Å². The maximum absolute atomic E-state index is 13.2. The number of aliphatic carboxylic acids is 1. The van der Waals surface area contributed by atoms with Crippen LogP contribution >= 0.6 is 11.6 Å². The Morgan fingerprint density at radius 1 is 1.00 bits per heavy atom. The molecule has 1 N–H and O–H groups in total. The molecule has 1 amide bonds. The molecule has 0 spiro atoms. The van der Waals surface area contributed by atoms with Crippen molar-refractivity contribution < 1.29 is 19.4 Å². The lowest BCUT2D eigenvalue weighted by atomic mass is 10.0. The number of carboxylic acid groups (broad SMARTS) is 1. The van der Waals surface area contributed by atoms with Crippen LogP contribution in [0.1, 0.15) is 11.1 Å². The average Bonchev–Trinajstić information content (AvgIpc) is 3.10. The van der Waals surface area contributed by atoms with Crippen molar-refractivity contribution in [2.45, 2.75) is 0 Å². The number of anilines is 1. The molecule has 154 valence electrons. The van der Waals surface area contributed by atoms with E-state index in [1.54, 1.807) is 54.6 Å². The third-order valence-corrected chi connectivity index (χ3v) is 4.80. The fraction of sp³-hybridized carbons (Fsp3) is 0.0417. The smallest absolute Gasteiger partial charge is 0.341 e. The highest BCUT2D eigenvalue weighted by Gasteiger charge is 2.31. The molecule has 0 bridgehead atoms. The number of hydrogen-bond donors (Lipinski definition) is 1. The molecule has 0 unspecified atom stereocenters. The molecule has 1 heterocycles. The monoisotopic (exact) mass is 432 g/mol. The Labute approximate surface area is 183 Å². The van der Waals surface area contributed by atoms with Gasteiger partial charge in [0.1, 0.15) is 11.5 Å². The average molecular weight is 433 g/mol. The molecule has 31 heavy (non-hydrogen) atoms. The number of amides is 1. The van der Waals surface area contributed by atoms with Crippen molar-refractivity contribution in [3.05, 3.63) is 101 Å². The number of carboxylic acids is 1. The van der Waals surface area contributed by atoms with Gasteiger partial charge in [-0.25, -0.2) is 4.79 Å². The zero-order valence-electron chi connectivity index (χ0n) is 16.2. The van der Waals surface area contributed by atoms with Crippen molar-refractivity contribution >= 4 is 41.0 Å². The zero-order chi connectivity index (χ0) is 21.8. The van der Waals surface area contributed by atoms with Crippen LogP contribution in [-0.2, 0) is 9.59 Å². The normalized spacial score (nSPS) is 14.6. The highest BCUT2D eigenvalue weighted by molar-refractivity contribution is 6.37. The third kappa shape index (κ3) is 4.65. The SMILES string of the molecule is O=C(O)COc1ccc(/C=C2\C(=O)N(c3ccc(Cl)cc3)N=C2c2ccccc2)cc1. The van der Waals surface area contributed by atoms with E-state index in [0.29, 0.717) is 27.7 Å². The van der Waals surface area contributed by atoms with Crippen LogP contribution in [-0.4, -0.2) is 29.3 Å². The van der Waals surface area contributed by atoms with Gasteiger partial charge in [-0.05, 0) is 48.0 Å². The Morgan fingerprint density at radius 3 is 2.32 bits per heavy atom. The Hall–Kier alpha value is -3.90. The summed E-state index contributed by atoms with van der Waals surface area (Å²) in [6, 6.07) is 23.2. The topological polar surface area (TPSA) is 79.2 Å². The van der Waals surface area contributed by atoms with E-state index in [4.69, 9.17) is 21.4 Å². The van der Waals surface area contributed by atoms with Crippen LogP contribution in [0.4, 0.5) is 5.69 Å². The van der Waals surface area contributed by atoms with Crippen molar-refractivity contribution in [3.8, 4) is 5.75 Å². The lowest BCUT2D eigenvalue weighted by Gasteiger charge is -2.11. The van der Waals surface area contributed by atoms with Crippen molar-refractivity contribution in [2.24, 2.45) is 5.10 Å². The fourth-order valence-electron chi connectivity index (χ4n) is 3.08. The molecule has 0 aliphatic carbocycles. The van der Waals surface area contributed by atoms with Crippen molar-refractivity contribution in [1.82, 2.24) is 0 Å². The van der Waals surface area contributed by atoms with Crippen molar-refractivity contribution in [1.29, 1.82) is 0 Å². The molecule has 1 aliphatic heterocycles. The predicted molar refractivity (Wildman–Crippen MR) is 119 cm³/mol. The Kier molecular flexibility index (Phi) is 5.82. The summed E-state index contributed by atoms with van der Waals surface area (Å²) in [5, 5.41) is 15.2. The number of hydrazone groups is 1. The van der Waals surface area contributed by atoms with Crippen LogP contribution in [0.25, 0.3) is 6.08 Å². The number of nitrogens with zero attached hydrogens (tertiary/aromatic N) is 2. The summed E-state index contributed by atoms with van der Waals surface area (Å²) >= 11 is 5.97. The second-order valence-corrected chi connectivity index (χ2v) is 7.15. The van der Waals surface area contributed by atoms with Crippen molar-refractivity contribution in [2.75, 3.05) is 11.6 Å². The van der Waals surface area contributed by atoms with Crippen LogP contribution in [0.15, 0.2) is 89.5 Å². The van der Waals surface area contributed by atoms with Gasteiger partial charge in [0.2, 0.25) is 0 Å². The van der Waals surface area contributed by atoms with E-state index in [9.17, 15) is 9.59 Å². The quantitative estimate of drug-likeness (QED) is 0.575. The van der Waals surface area contributed by atoms with Gasteiger partial charge in [-0.3, -0.25) is 4.79 Å².